The molecule has 0 spiro atoms. The van der Waals surface area contributed by atoms with E-state index in [1.807, 2.05) is 30.3 Å². The predicted molar refractivity (Wildman–Crippen MR) is 148 cm³/mol. The van der Waals surface area contributed by atoms with Gasteiger partial charge in [-0.15, -0.1) is 0 Å². The summed E-state index contributed by atoms with van der Waals surface area (Å²) >= 11 is 0. The molecule has 2 aliphatic rings. The number of carbonyl (C=O) groups is 6. The molecule has 0 bridgehead atoms. The maximum atomic E-state index is 12.3. The Labute approximate surface area is 259 Å². The summed E-state index contributed by atoms with van der Waals surface area (Å²) in [5.74, 6) is -4.52. The van der Waals surface area contributed by atoms with Gasteiger partial charge < -0.3 is 42.6 Å². The standard InChI is InChI=1S/C30H38O15/c1-15(31)37-13-23-27(41-18(4)34)28(42-19(5)35)29(43-20(6)36)30(44-23)45-24-14-38-22(12-21-10-8-7-9-11-21)25(39-16(2)32)26(24)40-17(3)33/h7-11,22-30H,12-14H2,1-6H3/t22-,23+,24+,25-,26-,27-,28-,29+,30-/m0/s1. The third-order valence-corrected chi connectivity index (χ3v) is 6.67. The van der Waals surface area contributed by atoms with Crippen molar-refractivity contribution in [2.24, 2.45) is 0 Å². The van der Waals surface area contributed by atoms with Crippen LogP contribution in [-0.4, -0.2) is 104 Å². The molecule has 0 radical (unpaired) electrons. The molecule has 2 saturated heterocycles. The summed E-state index contributed by atoms with van der Waals surface area (Å²) < 4.78 is 50.9. The molecule has 3 rings (SSSR count). The number of rotatable bonds is 11. The Balaban J connectivity index is 2.01. The first-order valence-corrected chi connectivity index (χ1v) is 14.2. The van der Waals surface area contributed by atoms with Crippen LogP contribution in [0, 0.1) is 0 Å². The molecule has 1 aromatic rings. The van der Waals surface area contributed by atoms with Crippen molar-refractivity contribution in [1.82, 2.24) is 0 Å². The molecule has 1 aromatic carbocycles. The summed E-state index contributed by atoms with van der Waals surface area (Å²) in [6.45, 7) is 6.09. The average Bonchev–Trinajstić information content (AvgIpc) is 2.93. The lowest BCUT2D eigenvalue weighted by atomic mass is 9.94. The van der Waals surface area contributed by atoms with Crippen LogP contribution in [0.4, 0.5) is 0 Å². The molecule has 2 fully saturated rings. The van der Waals surface area contributed by atoms with Gasteiger partial charge in [0, 0.05) is 48.0 Å². The molecule has 0 saturated carbocycles. The Morgan fingerprint density at radius 3 is 1.64 bits per heavy atom. The largest absolute Gasteiger partial charge is 0.463 e. The van der Waals surface area contributed by atoms with Gasteiger partial charge >= 0.3 is 35.8 Å². The van der Waals surface area contributed by atoms with Crippen LogP contribution in [0.25, 0.3) is 0 Å². The normalized spacial score (nSPS) is 29.4. The van der Waals surface area contributed by atoms with Gasteiger partial charge in [0.2, 0.25) is 0 Å². The molecular formula is C30H38O15. The van der Waals surface area contributed by atoms with E-state index in [0.29, 0.717) is 6.42 Å². The van der Waals surface area contributed by atoms with Crippen LogP contribution >= 0.6 is 0 Å². The van der Waals surface area contributed by atoms with Crippen LogP contribution in [0.1, 0.15) is 47.1 Å². The van der Waals surface area contributed by atoms with Crippen molar-refractivity contribution in [3.05, 3.63) is 35.9 Å². The van der Waals surface area contributed by atoms with E-state index >= 15 is 0 Å². The van der Waals surface area contributed by atoms with Crippen LogP contribution in [-0.2, 0) is 77.8 Å². The Morgan fingerprint density at radius 2 is 1.11 bits per heavy atom. The fraction of sp³-hybridized carbons (Fsp3) is 0.600. The maximum absolute atomic E-state index is 12.3. The van der Waals surface area contributed by atoms with E-state index in [4.69, 9.17) is 42.6 Å². The maximum Gasteiger partial charge on any atom is 0.303 e. The first kappa shape index (κ1) is 35.4. The predicted octanol–water partition coefficient (Wildman–Crippen LogP) is 0.960. The smallest absolute Gasteiger partial charge is 0.303 e. The minimum atomic E-state index is -1.58. The van der Waals surface area contributed by atoms with E-state index in [2.05, 4.69) is 0 Å². The zero-order chi connectivity index (χ0) is 33.3. The molecule has 0 unspecified atom stereocenters. The monoisotopic (exact) mass is 638 g/mol. The second-order valence-electron chi connectivity index (χ2n) is 10.5. The molecule has 2 aliphatic heterocycles. The number of carbonyl (C=O) groups excluding carboxylic acids is 6. The fourth-order valence-electron chi connectivity index (χ4n) is 5.11. The van der Waals surface area contributed by atoms with Crippen LogP contribution in [0.15, 0.2) is 30.3 Å². The van der Waals surface area contributed by atoms with Gasteiger partial charge in [0.25, 0.3) is 0 Å². The van der Waals surface area contributed by atoms with Crippen LogP contribution in [0.2, 0.25) is 0 Å². The van der Waals surface area contributed by atoms with E-state index in [-0.39, 0.29) is 6.61 Å². The van der Waals surface area contributed by atoms with Crippen molar-refractivity contribution in [2.45, 2.75) is 103 Å². The van der Waals surface area contributed by atoms with Gasteiger partial charge in [-0.05, 0) is 5.56 Å². The molecule has 0 amide bonds. The summed E-state index contributed by atoms with van der Waals surface area (Å²) in [4.78, 5) is 72.4. The second-order valence-corrected chi connectivity index (χ2v) is 10.5. The fourth-order valence-corrected chi connectivity index (χ4v) is 5.11. The Bertz CT molecular complexity index is 1220. The van der Waals surface area contributed by atoms with E-state index < -0.39 is 97.5 Å². The first-order valence-electron chi connectivity index (χ1n) is 14.2. The average molecular weight is 639 g/mol. The van der Waals surface area contributed by atoms with Crippen LogP contribution in [0.3, 0.4) is 0 Å². The van der Waals surface area contributed by atoms with Gasteiger partial charge in [-0.3, -0.25) is 28.8 Å². The third-order valence-electron chi connectivity index (χ3n) is 6.67. The minimum absolute atomic E-state index is 0.208. The van der Waals surface area contributed by atoms with Crippen LogP contribution < -0.4 is 0 Å². The molecule has 0 aliphatic carbocycles. The SMILES string of the molecule is CC(=O)OC[C@H]1O[C@@H](O[C@@H]2CO[C@@H](Cc3ccccc3)[C@H](OC(C)=O)[C@H]2OC(C)=O)[C@H](OC(C)=O)[C@@H](OC(C)=O)[C@H]1OC(C)=O. The number of hydrogen-bond donors (Lipinski definition) is 0. The highest BCUT2D eigenvalue weighted by Gasteiger charge is 2.55. The van der Waals surface area contributed by atoms with Crippen molar-refractivity contribution >= 4 is 35.8 Å². The lowest BCUT2D eigenvalue weighted by molar-refractivity contribution is -0.335. The molecule has 15 nitrogen and oxygen atoms in total. The second kappa shape index (κ2) is 16.3. The van der Waals surface area contributed by atoms with Crippen molar-refractivity contribution in [3.8, 4) is 0 Å². The molecular weight excluding hydrogens is 600 g/mol. The summed E-state index contributed by atoms with van der Waals surface area (Å²) in [7, 11) is 0. The Morgan fingerprint density at radius 1 is 0.622 bits per heavy atom. The summed E-state index contributed by atoms with van der Waals surface area (Å²) in [5, 5.41) is 0. The number of hydrogen-bond acceptors (Lipinski definition) is 15. The molecule has 15 heteroatoms. The van der Waals surface area contributed by atoms with Gasteiger partial charge in [0.15, 0.2) is 36.8 Å². The molecule has 9 atom stereocenters. The summed E-state index contributed by atoms with van der Waals surface area (Å²) in [6, 6.07) is 9.22. The van der Waals surface area contributed by atoms with Crippen molar-refractivity contribution in [2.75, 3.05) is 13.2 Å². The topological polar surface area (TPSA) is 185 Å². The highest BCUT2D eigenvalue weighted by Crippen LogP contribution is 2.33. The van der Waals surface area contributed by atoms with E-state index in [0.717, 1.165) is 40.2 Å². The highest BCUT2D eigenvalue weighted by atomic mass is 16.8. The summed E-state index contributed by atoms with van der Waals surface area (Å²) in [5.41, 5.74) is 0.861. The zero-order valence-corrected chi connectivity index (χ0v) is 25.8. The quantitative estimate of drug-likeness (QED) is 0.246. The molecule has 45 heavy (non-hydrogen) atoms. The van der Waals surface area contributed by atoms with Crippen molar-refractivity contribution in [1.29, 1.82) is 0 Å². The van der Waals surface area contributed by atoms with Gasteiger partial charge in [-0.1, -0.05) is 30.3 Å². The van der Waals surface area contributed by atoms with Gasteiger partial charge in [0.05, 0.1) is 6.61 Å². The molecule has 2 heterocycles. The zero-order valence-electron chi connectivity index (χ0n) is 25.8. The third kappa shape index (κ3) is 10.5. The lowest BCUT2D eigenvalue weighted by Gasteiger charge is -2.47. The Kier molecular flexibility index (Phi) is 12.8. The van der Waals surface area contributed by atoms with Gasteiger partial charge in [-0.2, -0.15) is 0 Å². The van der Waals surface area contributed by atoms with E-state index in [1.165, 1.54) is 6.92 Å². The van der Waals surface area contributed by atoms with E-state index in [9.17, 15) is 28.8 Å². The van der Waals surface area contributed by atoms with Crippen molar-refractivity contribution < 1.29 is 71.4 Å². The highest BCUT2D eigenvalue weighted by molar-refractivity contribution is 5.69. The number of esters is 6. The molecule has 0 N–H and O–H groups in total. The van der Waals surface area contributed by atoms with Gasteiger partial charge in [0.1, 0.15) is 24.9 Å². The van der Waals surface area contributed by atoms with Gasteiger partial charge in [-0.25, -0.2) is 0 Å². The van der Waals surface area contributed by atoms with Crippen molar-refractivity contribution in [3.63, 3.8) is 0 Å². The molecule has 0 aromatic heterocycles. The summed E-state index contributed by atoms with van der Waals surface area (Å²) in [6.07, 6.45) is -11.3. The molecule has 248 valence electrons. The lowest BCUT2D eigenvalue weighted by Crippen LogP contribution is -2.65. The Hall–Kier alpha value is -4.08. The first-order chi connectivity index (χ1) is 21.2. The van der Waals surface area contributed by atoms with Crippen LogP contribution in [0.5, 0.6) is 0 Å². The number of benzene rings is 1. The van der Waals surface area contributed by atoms with E-state index in [1.54, 1.807) is 0 Å². The minimum Gasteiger partial charge on any atom is -0.463 e. The number of ether oxygens (including phenoxy) is 9.